The lowest BCUT2D eigenvalue weighted by molar-refractivity contribution is 0.0922. The number of halogens is 2. The molecular formula is C14H15BrClNO3S. The van der Waals surface area contributed by atoms with Gasteiger partial charge < -0.3 is 5.32 Å². The fourth-order valence-electron chi connectivity index (χ4n) is 3.51. The van der Waals surface area contributed by atoms with Gasteiger partial charge in [-0.3, -0.25) is 4.79 Å². The van der Waals surface area contributed by atoms with Crippen molar-refractivity contribution in [3.63, 3.8) is 0 Å². The Morgan fingerprint density at radius 1 is 1.24 bits per heavy atom. The molecule has 3 unspecified atom stereocenters. The fourth-order valence-corrected chi connectivity index (χ4v) is 4.96. The van der Waals surface area contributed by atoms with Gasteiger partial charge in [0.05, 0.1) is 4.90 Å². The summed E-state index contributed by atoms with van der Waals surface area (Å²) in [5.41, 5.74) is 0.311. The maximum atomic E-state index is 12.3. The van der Waals surface area contributed by atoms with Gasteiger partial charge in [-0.2, -0.15) is 0 Å². The molecule has 7 heteroatoms. The van der Waals surface area contributed by atoms with Gasteiger partial charge in [-0.05, 0) is 49.3 Å². The van der Waals surface area contributed by atoms with E-state index in [1.54, 1.807) is 6.07 Å². The summed E-state index contributed by atoms with van der Waals surface area (Å²) in [5.74, 6) is 1.07. The van der Waals surface area contributed by atoms with Gasteiger partial charge in [-0.1, -0.05) is 22.4 Å². The van der Waals surface area contributed by atoms with E-state index in [9.17, 15) is 13.2 Å². The molecule has 2 bridgehead atoms. The first-order valence-corrected chi connectivity index (χ1v) is 9.99. The van der Waals surface area contributed by atoms with Crippen LogP contribution in [0.25, 0.3) is 0 Å². The van der Waals surface area contributed by atoms with Crippen LogP contribution in [0, 0.1) is 11.8 Å². The van der Waals surface area contributed by atoms with E-state index in [1.165, 1.54) is 31.4 Å². The number of rotatable bonds is 3. The highest BCUT2D eigenvalue weighted by Gasteiger charge is 2.40. The molecule has 3 atom stereocenters. The lowest BCUT2D eigenvalue weighted by Gasteiger charge is -2.23. The highest BCUT2D eigenvalue weighted by Crippen LogP contribution is 2.44. The second-order valence-corrected chi connectivity index (χ2v) is 9.35. The van der Waals surface area contributed by atoms with Crippen molar-refractivity contribution in [1.82, 2.24) is 5.32 Å². The molecule has 0 saturated heterocycles. The van der Waals surface area contributed by atoms with Crippen molar-refractivity contribution in [3.05, 3.63) is 28.2 Å². The molecular weight excluding hydrogens is 378 g/mol. The fraction of sp³-hybridized carbons (Fsp3) is 0.500. The standard InChI is InChI=1S/C14H15BrClNO3S/c15-11-5-10(6-12(7-11)21(16,19)20)14(18)17-13-4-8-1-2-9(13)3-8/h5-9,13H,1-4H2,(H,17,18). The van der Waals surface area contributed by atoms with Crippen molar-refractivity contribution in [3.8, 4) is 0 Å². The van der Waals surface area contributed by atoms with Crippen LogP contribution in [-0.2, 0) is 9.05 Å². The Morgan fingerprint density at radius 2 is 2.00 bits per heavy atom. The number of nitrogens with one attached hydrogen (secondary N) is 1. The number of amides is 1. The zero-order valence-corrected chi connectivity index (χ0v) is 14.3. The SMILES string of the molecule is O=C(NC1CC2CCC1C2)c1cc(Br)cc(S(=O)(=O)Cl)c1. The molecule has 0 aliphatic heterocycles. The summed E-state index contributed by atoms with van der Waals surface area (Å²) in [6.45, 7) is 0. The van der Waals surface area contributed by atoms with E-state index in [2.05, 4.69) is 21.2 Å². The summed E-state index contributed by atoms with van der Waals surface area (Å²) >= 11 is 3.22. The van der Waals surface area contributed by atoms with Crippen molar-refractivity contribution in [2.24, 2.45) is 11.8 Å². The molecule has 3 rings (SSSR count). The van der Waals surface area contributed by atoms with E-state index in [0.29, 0.717) is 16.0 Å². The van der Waals surface area contributed by atoms with Crippen LogP contribution >= 0.6 is 26.6 Å². The summed E-state index contributed by atoms with van der Waals surface area (Å²) in [5, 5.41) is 3.03. The second kappa shape index (κ2) is 5.56. The van der Waals surface area contributed by atoms with Crippen LogP contribution in [-0.4, -0.2) is 20.4 Å². The average molecular weight is 393 g/mol. The number of carbonyl (C=O) groups excluding carboxylic acids is 1. The van der Waals surface area contributed by atoms with Crippen molar-refractivity contribution >= 4 is 41.6 Å². The van der Waals surface area contributed by atoms with Crippen LogP contribution in [0.2, 0.25) is 0 Å². The molecule has 21 heavy (non-hydrogen) atoms. The summed E-state index contributed by atoms with van der Waals surface area (Å²) in [6.07, 6.45) is 4.67. The van der Waals surface area contributed by atoms with Crippen LogP contribution in [0.15, 0.2) is 27.6 Å². The maximum Gasteiger partial charge on any atom is 0.261 e. The van der Waals surface area contributed by atoms with E-state index in [4.69, 9.17) is 10.7 Å². The Kier molecular flexibility index (Phi) is 4.05. The third-order valence-electron chi connectivity index (χ3n) is 4.47. The molecule has 1 aromatic carbocycles. The minimum absolute atomic E-state index is 0.0726. The van der Waals surface area contributed by atoms with Gasteiger partial charge in [0.15, 0.2) is 0 Å². The molecule has 1 amide bonds. The van der Waals surface area contributed by atoms with Crippen LogP contribution < -0.4 is 5.32 Å². The predicted molar refractivity (Wildman–Crippen MR) is 83.9 cm³/mol. The van der Waals surface area contributed by atoms with Crippen LogP contribution in [0.3, 0.4) is 0 Å². The molecule has 0 aromatic heterocycles. The van der Waals surface area contributed by atoms with E-state index in [1.807, 2.05) is 0 Å². The summed E-state index contributed by atoms with van der Waals surface area (Å²) in [4.78, 5) is 12.3. The van der Waals surface area contributed by atoms with Gasteiger partial charge in [0.2, 0.25) is 0 Å². The number of benzene rings is 1. The molecule has 4 nitrogen and oxygen atoms in total. The molecule has 0 spiro atoms. The number of hydrogen-bond donors (Lipinski definition) is 1. The molecule has 2 saturated carbocycles. The van der Waals surface area contributed by atoms with Crippen LogP contribution in [0.1, 0.15) is 36.0 Å². The molecule has 1 aromatic rings. The van der Waals surface area contributed by atoms with E-state index >= 15 is 0 Å². The highest BCUT2D eigenvalue weighted by molar-refractivity contribution is 9.10. The van der Waals surface area contributed by atoms with Gasteiger partial charge in [0.25, 0.3) is 15.0 Å². The Hall–Kier alpha value is -0.590. The van der Waals surface area contributed by atoms with Gasteiger partial charge in [0, 0.05) is 26.8 Å². The van der Waals surface area contributed by atoms with Crippen molar-refractivity contribution in [2.75, 3.05) is 0 Å². The van der Waals surface area contributed by atoms with E-state index < -0.39 is 9.05 Å². The quantitative estimate of drug-likeness (QED) is 0.803. The lowest BCUT2D eigenvalue weighted by atomic mass is 9.95. The maximum absolute atomic E-state index is 12.3. The first-order chi connectivity index (χ1) is 9.83. The van der Waals surface area contributed by atoms with E-state index in [0.717, 1.165) is 12.3 Å². The first-order valence-electron chi connectivity index (χ1n) is 6.89. The number of fused-ring (bicyclic) bond motifs is 2. The third kappa shape index (κ3) is 3.27. The van der Waals surface area contributed by atoms with Gasteiger partial charge in [-0.15, -0.1) is 0 Å². The Labute approximate surface area is 136 Å². The number of carbonyl (C=O) groups is 1. The Morgan fingerprint density at radius 3 is 2.57 bits per heavy atom. The molecule has 2 fully saturated rings. The minimum Gasteiger partial charge on any atom is -0.349 e. The molecule has 2 aliphatic carbocycles. The normalized spacial score (nSPS) is 27.8. The third-order valence-corrected chi connectivity index (χ3v) is 6.26. The smallest absolute Gasteiger partial charge is 0.261 e. The molecule has 0 heterocycles. The van der Waals surface area contributed by atoms with Crippen molar-refractivity contribution in [2.45, 2.75) is 36.6 Å². The summed E-state index contributed by atoms with van der Waals surface area (Å²) in [6, 6.07) is 4.52. The predicted octanol–water partition coefficient (Wildman–Crippen LogP) is 3.30. The summed E-state index contributed by atoms with van der Waals surface area (Å²) < 4.78 is 23.4. The monoisotopic (exact) mass is 391 g/mol. The Bertz CT molecular complexity index is 691. The molecule has 2 aliphatic rings. The van der Waals surface area contributed by atoms with Crippen molar-refractivity contribution in [1.29, 1.82) is 0 Å². The topological polar surface area (TPSA) is 63.2 Å². The van der Waals surface area contributed by atoms with Crippen LogP contribution in [0.4, 0.5) is 0 Å². The summed E-state index contributed by atoms with van der Waals surface area (Å²) in [7, 11) is 1.49. The average Bonchev–Trinajstić information content (AvgIpc) is 2.99. The van der Waals surface area contributed by atoms with Crippen LogP contribution in [0.5, 0.6) is 0 Å². The second-order valence-electron chi connectivity index (χ2n) is 5.87. The Balaban J connectivity index is 1.80. The number of hydrogen-bond acceptors (Lipinski definition) is 3. The first kappa shape index (κ1) is 15.3. The zero-order valence-electron chi connectivity index (χ0n) is 11.2. The largest absolute Gasteiger partial charge is 0.349 e. The van der Waals surface area contributed by atoms with E-state index in [-0.39, 0.29) is 16.8 Å². The van der Waals surface area contributed by atoms with Gasteiger partial charge >= 0.3 is 0 Å². The highest BCUT2D eigenvalue weighted by atomic mass is 79.9. The van der Waals surface area contributed by atoms with Crippen molar-refractivity contribution < 1.29 is 13.2 Å². The minimum atomic E-state index is -3.85. The molecule has 1 N–H and O–H groups in total. The van der Waals surface area contributed by atoms with Gasteiger partial charge in [-0.25, -0.2) is 8.42 Å². The van der Waals surface area contributed by atoms with Gasteiger partial charge in [0.1, 0.15) is 0 Å². The zero-order chi connectivity index (χ0) is 15.2. The molecule has 114 valence electrons. The molecule has 0 radical (unpaired) electrons. The lowest BCUT2D eigenvalue weighted by Crippen LogP contribution is -2.38.